The summed E-state index contributed by atoms with van der Waals surface area (Å²) < 4.78 is 4.81. The Bertz CT molecular complexity index is 301. The normalized spacial score (nSPS) is 11.6. The maximum atomic E-state index is 11.2. The lowest BCUT2D eigenvalue weighted by Gasteiger charge is -1.97. The van der Waals surface area contributed by atoms with Gasteiger partial charge in [0.25, 0.3) is 0 Å². The van der Waals surface area contributed by atoms with Crippen molar-refractivity contribution >= 4 is 29.7 Å². The largest absolute Gasteiger partial charge is 0.462 e. The van der Waals surface area contributed by atoms with Crippen LogP contribution in [0.3, 0.4) is 0 Å². The average molecular weight is 237 g/mol. The Morgan fingerprint density at radius 3 is 2.86 bits per heavy atom. The van der Waals surface area contributed by atoms with Gasteiger partial charge in [-0.3, -0.25) is 0 Å². The molecule has 0 saturated heterocycles. The molecule has 2 N–H and O–H groups in total. The highest BCUT2D eigenvalue weighted by atomic mass is 35.5. The molecule has 0 amide bonds. The number of nitrogens with two attached hydrogens (primary N) is 1. The smallest absolute Gasteiger partial charge is 0.349 e. The summed E-state index contributed by atoms with van der Waals surface area (Å²) in [4.78, 5) is 15.7. The summed E-state index contributed by atoms with van der Waals surface area (Å²) in [5, 5.41) is 0.753. The molecular formula is C8H13ClN2O2S. The number of hydrogen-bond acceptors (Lipinski definition) is 5. The fourth-order valence-corrected chi connectivity index (χ4v) is 1.56. The summed E-state index contributed by atoms with van der Waals surface area (Å²) in [6.45, 7) is 3.98. The van der Waals surface area contributed by atoms with Gasteiger partial charge in [0.15, 0.2) is 0 Å². The summed E-state index contributed by atoms with van der Waals surface area (Å²) in [5.74, 6) is -0.327. The third kappa shape index (κ3) is 3.25. The number of carbonyl (C=O) groups is 1. The third-order valence-electron chi connectivity index (χ3n) is 1.39. The van der Waals surface area contributed by atoms with Gasteiger partial charge in [0.05, 0.1) is 18.8 Å². The van der Waals surface area contributed by atoms with E-state index in [0.29, 0.717) is 11.5 Å². The van der Waals surface area contributed by atoms with Crippen molar-refractivity contribution in [3.05, 3.63) is 16.1 Å². The molecule has 0 unspecified atom stereocenters. The SMILES string of the molecule is CCOC(=O)c1cnc([C@H](C)N)s1.Cl. The lowest BCUT2D eigenvalue weighted by molar-refractivity contribution is 0.0532. The molecule has 1 atom stereocenters. The van der Waals surface area contributed by atoms with Crippen LogP contribution < -0.4 is 5.73 Å². The van der Waals surface area contributed by atoms with Crippen molar-refractivity contribution in [3.8, 4) is 0 Å². The minimum Gasteiger partial charge on any atom is -0.462 e. The second-order valence-electron chi connectivity index (χ2n) is 2.57. The Hall–Kier alpha value is -0.650. The predicted molar refractivity (Wildman–Crippen MR) is 57.9 cm³/mol. The van der Waals surface area contributed by atoms with Crippen LogP contribution in [0.15, 0.2) is 6.20 Å². The summed E-state index contributed by atoms with van der Waals surface area (Å²) in [5.41, 5.74) is 5.60. The first-order valence-electron chi connectivity index (χ1n) is 4.03. The van der Waals surface area contributed by atoms with Crippen LogP contribution in [0.25, 0.3) is 0 Å². The van der Waals surface area contributed by atoms with Crippen LogP contribution in [0.1, 0.15) is 34.6 Å². The molecular weight excluding hydrogens is 224 g/mol. The number of nitrogens with zero attached hydrogens (tertiary/aromatic N) is 1. The Balaban J connectivity index is 0.00000169. The second-order valence-corrected chi connectivity index (χ2v) is 3.63. The molecule has 0 spiro atoms. The average Bonchev–Trinajstić information content (AvgIpc) is 2.52. The highest BCUT2D eigenvalue weighted by molar-refractivity contribution is 7.13. The van der Waals surface area contributed by atoms with E-state index in [1.54, 1.807) is 6.92 Å². The molecule has 0 aliphatic rings. The van der Waals surface area contributed by atoms with E-state index < -0.39 is 0 Å². The van der Waals surface area contributed by atoms with Gasteiger partial charge >= 0.3 is 5.97 Å². The number of ether oxygens (including phenoxy) is 1. The van der Waals surface area contributed by atoms with Crippen molar-refractivity contribution in [1.29, 1.82) is 0 Å². The van der Waals surface area contributed by atoms with Gasteiger partial charge in [-0.05, 0) is 13.8 Å². The highest BCUT2D eigenvalue weighted by Gasteiger charge is 2.12. The minimum absolute atomic E-state index is 0. The third-order valence-corrected chi connectivity index (χ3v) is 2.57. The molecule has 4 nitrogen and oxygen atoms in total. The van der Waals surface area contributed by atoms with Gasteiger partial charge in [-0.1, -0.05) is 0 Å². The van der Waals surface area contributed by atoms with Crippen LogP contribution in [0.5, 0.6) is 0 Å². The number of esters is 1. The van der Waals surface area contributed by atoms with Gasteiger partial charge in [0.2, 0.25) is 0 Å². The molecule has 1 aromatic heterocycles. The van der Waals surface area contributed by atoms with Crippen molar-refractivity contribution in [2.75, 3.05) is 6.61 Å². The Morgan fingerprint density at radius 2 is 2.43 bits per heavy atom. The molecule has 0 aliphatic carbocycles. The van der Waals surface area contributed by atoms with E-state index in [1.807, 2.05) is 6.92 Å². The topological polar surface area (TPSA) is 65.2 Å². The number of carbonyl (C=O) groups excluding carboxylic acids is 1. The summed E-state index contributed by atoms with van der Waals surface area (Å²) in [6, 6.07) is -0.131. The van der Waals surface area contributed by atoms with E-state index in [2.05, 4.69) is 4.98 Å². The maximum absolute atomic E-state index is 11.2. The van der Waals surface area contributed by atoms with E-state index in [0.717, 1.165) is 5.01 Å². The maximum Gasteiger partial charge on any atom is 0.349 e. The predicted octanol–water partition coefficient (Wildman–Crippen LogP) is 1.76. The summed E-state index contributed by atoms with van der Waals surface area (Å²) >= 11 is 1.28. The van der Waals surface area contributed by atoms with Crippen LogP contribution in [-0.2, 0) is 4.74 Å². The fourth-order valence-electron chi connectivity index (χ4n) is 0.795. The Kier molecular flexibility index (Phi) is 5.68. The number of aromatic nitrogens is 1. The van der Waals surface area contributed by atoms with Gasteiger partial charge in [-0.15, -0.1) is 23.7 Å². The molecule has 80 valence electrons. The van der Waals surface area contributed by atoms with E-state index in [-0.39, 0.29) is 24.4 Å². The zero-order valence-electron chi connectivity index (χ0n) is 8.02. The molecule has 0 radical (unpaired) electrons. The van der Waals surface area contributed by atoms with Crippen LogP contribution >= 0.6 is 23.7 Å². The Labute approximate surface area is 92.9 Å². The van der Waals surface area contributed by atoms with Crippen molar-refractivity contribution < 1.29 is 9.53 Å². The lowest BCUT2D eigenvalue weighted by atomic mass is 10.4. The van der Waals surface area contributed by atoms with E-state index in [9.17, 15) is 4.79 Å². The molecule has 0 aromatic carbocycles. The van der Waals surface area contributed by atoms with Gasteiger partial charge in [0.1, 0.15) is 9.88 Å². The zero-order valence-corrected chi connectivity index (χ0v) is 9.65. The van der Waals surface area contributed by atoms with Crippen LogP contribution in [0.4, 0.5) is 0 Å². The van der Waals surface area contributed by atoms with E-state index >= 15 is 0 Å². The second kappa shape index (κ2) is 5.95. The van der Waals surface area contributed by atoms with Gasteiger partial charge in [0, 0.05) is 0 Å². The molecule has 14 heavy (non-hydrogen) atoms. The van der Waals surface area contributed by atoms with Crippen molar-refractivity contribution in [3.63, 3.8) is 0 Å². The van der Waals surface area contributed by atoms with Gasteiger partial charge < -0.3 is 10.5 Å². The van der Waals surface area contributed by atoms with Crippen LogP contribution in [-0.4, -0.2) is 17.6 Å². The summed E-state index contributed by atoms with van der Waals surface area (Å²) in [6.07, 6.45) is 1.50. The first-order valence-corrected chi connectivity index (χ1v) is 4.85. The number of halogens is 1. The molecule has 1 heterocycles. The highest BCUT2D eigenvalue weighted by Crippen LogP contribution is 2.18. The molecule has 1 rings (SSSR count). The quantitative estimate of drug-likeness (QED) is 0.813. The van der Waals surface area contributed by atoms with Crippen molar-refractivity contribution in [2.24, 2.45) is 5.73 Å². The van der Waals surface area contributed by atoms with Gasteiger partial charge in [-0.2, -0.15) is 0 Å². The lowest BCUT2D eigenvalue weighted by Crippen LogP contribution is -2.03. The Morgan fingerprint density at radius 1 is 1.79 bits per heavy atom. The van der Waals surface area contributed by atoms with Crippen LogP contribution in [0.2, 0.25) is 0 Å². The zero-order chi connectivity index (χ0) is 9.84. The summed E-state index contributed by atoms with van der Waals surface area (Å²) in [7, 11) is 0. The van der Waals surface area contributed by atoms with Crippen LogP contribution in [0, 0.1) is 0 Å². The van der Waals surface area contributed by atoms with Crippen molar-refractivity contribution in [2.45, 2.75) is 19.9 Å². The first-order chi connectivity index (χ1) is 6.15. The molecule has 0 fully saturated rings. The number of thiazole rings is 1. The number of rotatable bonds is 3. The monoisotopic (exact) mass is 236 g/mol. The van der Waals surface area contributed by atoms with Crippen molar-refractivity contribution in [1.82, 2.24) is 4.98 Å². The fraction of sp³-hybridized carbons (Fsp3) is 0.500. The molecule has 1 aromatic rings. The standard InChI is InChI=1S/C8H12N2O2S.ClH/c1-3-12-8(11)6-4-10-7(13-6)5(2)9;/h4-5H,3,9H2,1-2H3;1H/t5-;/m0./s1. The molecule has 0 aliphatic heterocycles. The molecule has 6 heteroatoms. The van der Waals surface area contributed by atoms with E-state index in [1.165, 1.54) is 17.5 Å². The molecule has 0 bridgehead atoms. The first kappa shape index (κ1) is 13.4. The minimum atomic E-state index is -0.327. The molecule has 0 saturated carbocycles. The van der Waals surface area contributed by atoms with Gasteiger partial charge in [-0.25, -0.2) is 9.78 Å². The van der Waals surface area contributed by atoms with E-state index in [4.69, 9.17) is 10.5 Å². The number of hydrogen-bond donors (Lipinski definition) is 1.